The fourth-order valence-corrected chi connectivity index (χ4v) is 4.65. The molecule has 0 spiro atoms. The molecule has 1 aliphatic heterocycles. The van der Waals surface area contributed by atoms with Gasteiger partial charge in [-0.25, -0.2) is 8.78 Å². The number of aryl methyl sites for hydroxylation is 1. The lowest BCUT2D eigenvalue weighted by atomic mass is 10.1. The molecule has 6 heteroatoms. The first kappa shape index (κ1) is 14.0. The maximum absolute atomic E-state index is 13.3. The number of hydrogen-bond acceptors (Lipinski definition) is 3. The minimum atomic E-state index is -1.06. The normalized spacial score (nSPS) is 14.2. The monoisotopic (exact) mass is 330 g/mol. The molecule has 0 N–H and O–H groups in total. The molecule has 0 amide bonds. The highest BCUT2D eigenvalue weighted by molar-refractivity contribution is 7.98. The number of thiophene rings is 1. The molecule has 3 rings (SSSR count). The second-order valence-electron chi connectivity index (χ2n) is 4.44. The van der Waals surface area contributed by atoms with Crippen LogP contribution in [0.25, 0.3) is 0 Å². The number of thioether (sulfide) groups is 1. The van der Waals surface area contributed by atoms with Crippen molar-refractivity contribution in [3.05, 3.63) is 55.7 Å². The van der Waals surface area contributed by atoms with E-state index >= 15 is 0 Å². The van der Waals surface area contributed by atoms with Gasteiger partial charge in [0.2, 0.25) is 5.78 Å². The number of rotatable bonds is 2. The maximum atomic E-state index is 13.3. The Bertz CT molecular complexity index is 673. The average Bonchev–Trinajstić information content (AvgIpc) is 2.86. The molecule has 0 unspecified atom stereocenters. The van der Waals surface area contributed by atoms with Crippen LogP contribution in [-0.4, -0.2) is 11.5 Å². The Morgan fingerprint density at radius 2 is 1.95 bits per heavy atom. The summed E-state index contributed by atoms with van der Waals surface area (Å²) in [5.41, 5.74) is 1.17. The van der Waals surface area contributed by atoms with Crippen LogP contribution in [0.5, 0.6) is 0 Å². The third-order valence-corrected chi connectivity index (χ3v) is 5.66. The second-order valence-corrected chi connectivity index (χ2v) is 7.09. The molecule has 0 saturated heterocycles. The van der Waals surface area contributed by atoms with Crippen LogP contribution in [0.3, 0.4) is 0 Å². The molecule has 1 aliphatic rings. The van der Waals surface area contributed by atoms with Gasteiger partial charge < -0.3 is 0 Å². The van der Waals surface area contributed by atoms with Crippen LogP contribution in [0.1, 0.15) is 25.7 Å². The summed E-state index contributed by atoms with van der Waals surface area (Å²) in [6.07, 6.45) is 0.948. The molecule has 104 valence electrons. The fourth-order valence-electron chi connectivity index (χ4n) is 2.09. The van der Waals surface area contributed by atoms with Gasteiger partial charge in [0, 0.05) is 16.2 Å². The lowest BCUT2D eigenvalue weighted by Gasteiger charge is -2.08. The summed E-state index contributed by atoms with van der Waals surface area (Å²) in [5, 5.41) is -0.0605. The highest BCUT2D eigenvalue weighted by atomic mass is 35.5. The molecule has 0 fully saturated rings. The van der Waals surface area contributed by atoms with Gasteiger partial charge in [-0.15, -0.1) is 11.3 Å². The van der Waals surface area contributed by atoms with E-state index in [9.17, 15) is 13.6 Å². The van der Waals surface area contributed by atoms with Crippen LogP contribution < -0.4 is 0 Å². The molecule has 1 aromatic heterocycles. The summed E-state index contributed by atoms with van der Waals surface area (Å²) in [6.45, 7) is 0. The van der Waals surface area contributed by atoms with Crippen molar-refractivity contribution >= 4 is 40.5 Å². The molecule has 0 aliphatic carbocycles. The van der Waals surface area contributed by atoms with E-state index in [0.717, 1.165) is 35.6 Å². The Morgan fingerprint density at radius 1 is 1.20 bits per heavy atom. The lowest BCUT2D eigenvalue weighted by Crippen LogP contribution is -2.02. The van der Waals surface area contributed by atoms with Crippen LogP contribution in [0, 0.1) is 11.6 Å². The van der Waals surface area contributed by atoms with Crippen LogP contribution in [-0.2, 0) is 12.2 Å². The summed E-state index contributed by atoms with van der Waals surface area (Å²) in [7, 11) is 0. The Kier molecular flexibility index (Phi) is 3.84. The smallest absolute Gasteiger partial charge is 0.204 e. The third-order valence-electron chi connectivity index (χ3n) is 3.11. The molecule has 0 bridgehead atoms. The lowest BCUT2D eigenvalue weighted by molar-refractivity contribution is 0.104. The number of carbonyl (C=O) groups is 1. The van der Waals surface area contributed by atoms with Gasteiger partial charge in [0.05, 0.1) is 9.90 Å². The van der Waals surface area contributed by atoms with E-state index in [1.54, 1.807) is 0 Å². The minimum absolute atomic E-state index is 0.0109. The Balaban J connectivity index is 2.00. The first-order chi connectivity index (χ1) is 9.56. The molecule has 0 radical (unpaired) electrons. The van der Waals surface area contributed by atoms with Crippen LogP contribution in [0.15, 0.2) is 18.2 Å². The summed E-state index contributed by atoms with van der Waals surface area (Å²) in [4.78, 5) is 14.1. The molecule has 0 atom stereocenters. The summed E-state index contributed by atoms with van der Waals surface area (Å²) >= 11 is 9.09. The van der Waals surface area contributed by atoms with E-state index in [1.807, 2.05) is 17.8 Å². The molecule has 0 saturated carbocycles. The van der Waals surface area contributed by atoms with Gasteiger partial charge in [-0.2, -0.15) is 11.8 Å². The second kappa shape index (κ2) is 5.47. The van der Waals surface area contributed by atoms with Crippen molar-refractivity contribution in [2.75, 3.05) is 5.75 Å². The van der Waals surface area contributed by atoms with E-state index < -0.39 is 11.6 Å². The highest BCUT2D eigenvalue weighted by Crippen LogP contribution is 2.33. The minimum Gasteiger partial charge on any atom is -0.288 e. The summed E-state index contributed by atoms with van der Waals surface area (Å²) < 4.78 is 26.3. The number of benzene rings is 1. The van der Waals surface area contributed by atoms with Crippen molar-refractivity contribution in [2.45, 2.75) is 12.2 Å². The van der Waals surface area contributed by atoms with Gasteiger partial charge in [-0.3, -0.25) is 4.79 Å². The predicted octanol–water partition coefficient (Wildman–Crippen LogP) is 4.70. The van der Waals surface area contributed by atoms with E-state index in [1.165, 1.54) is 16.2 Å². The first-order valence-corrected chi connectivity index (χ1v) is 8.29. The number of hydrogen-bond donors (Lipinski definition) is 0. The van der Waals surface area contributed by atoms with Gasteiger partial charge in [0.25, 0.3) is 0 Å². The molecule has 2 heterocycles. The van der Waals surface area contributed by atoms with Crippen LogP contribution in [0.4, 0.5) is 8.78 Å². The number of ketones is 1. The zero-order valence-corrected chi connectivity index (χ0v) is 12.6. The van der Waals surface area contributed by atoms with Gasteiger partial charge in [0.15, 0.2) is 11.6 Å². The van der Waals surface area contributed by atoms with Gasteiger partial charge >= 0.3 is 0 Å². The topological polar surface area (TPSA) is 17.1 Å². The van der Waals surface area contributed by atoms with Crippen molar-refractivity contribution in [2.24, 2.45) is 0 Å². The van der Waals surface area contributed by atoms with Crippen LogP contribution in [0.2, 0.25) is 5.02 Å². The highest BCUT2D eigenvalue weighted by Gasteiger charge is 2.21. The van der Waals surface area contributed by atoms with E-state index in [4.69, 9.17) is 11.6 Å². The van der Waals surface area contributed by atoms with Crippen molar-refractivity contribution < 1.29 is 13.6 Å². The van der Waals surface area contributed by atoms with Crippen molar-refractivity contribution in [1.82, 2.24) is 0 Å². The first-order valence-electron chi connectivity index (χ1n) is 5.95. The Hall–Kier alpha value is -0.910. The van der Waals surface area contributed by atoms with E-state index in [-0.39, 0.29) is 16.4 Å². The van der Waals surface area contributed by atoms with Crippen molar-refractivity contribution in [3.63, 3.8) is 0 Å². The predicted molar refractivity (Wildman–Crippen MR) is 79.0 cm³/mol. The van der Waals surface area contributed by atoms with Crippen molar-refractivity contribution in [1.29, 1.82) is 0 Å². The van der Waals surface area contributed by atoms with E-state index in [0.29, 0.717) is 4.88 Å². The van der Waals surface area contributed by atoms with E-state index in [2.05, 4.69) is 0 Å². The van der Waals surface area contributed by atoms with Crippen LogP contribution >= 0.6 is 34.7 Å². The quantitative estimate of drug-likeness (QED) is 0.586. The zero-order chi connectivity index (χ0) is 14.3. The molecular weight excluding hydrogens is 322 g/mol. The molecule has 2 aromatic rings. The summed E-state index contributed by atoms with van der Waals surface area (Å²) in [5.74, 6) is -0.515. The number of fused-ring (bicyclic) bond motifs is 1. The number of carbonyl (C=O) groups excluding carboxylic acids is 1. The third kappa shape index (κ3) is 2.50. The SMILES string of the molecule is O=C(c1cc2c(s1)CCSC2)c1cc(F)c(F)cc1Cl. The molecule has 20 heavy (non-hydrogen) atoms. The van der Waals surface area contributed by atoms with Gasteiger partial charge in [0.1, 0.15) is 0 Å². The number of halogens is 3. The fraction of sp³-hybridized carbons (Fsp3) is 0.214. The average molecular weight is 331 g/mol. The largest absolute Gasteiger partial charge is 0.288 e. The molecule has 1 nitrogen and oxygen atoms in total. The maximum Gasteiger partial charge on any atom is 0.204 e. The van der Waals surface area contributed by atoms with Gasteiger partial charge in [-0.1, -0.05) is 11.6 Å². The van der Waals surface area contributed by atoms with Gasteiger partial charge in [-0.05, 0) is 35.9 Å². The van der Waals surface area contributed by atoms with Crippen molar-refractivity contribution in [3.8, 4) is 0 Å². The Labute approximate surface area is 128 Å². The zero-order valence-electron chi connectivity index (χ0n) is 10.2. The standard InChI is InChI=1S/C14H9ClF2OS2/c15-9-5-11(17)10(16)4-8(9)14(18)13-3-7-6-19-2-1-12(7)20-13/h3-5H,1-2,6H2. The molecule has 1 aromatic carbocycles. The molecular formula is C14H9ClF2OS2. The summed E-state index contributed by atoms with van der Waals surface area (Å²) in [6, 6.07) is 3.55. The Morgan fingerprint density at radius 3 is 2.70 bits per heavy atom.